The molecule has 132 valence electrons. The molecule has 0 aliphatic heterocycles. The van der Waals surface area contributed by atoms with Gasteiger partial charge in [-0.25, -0.2) is 0 Å². The molecule has 0 aliphatic carbocycles. The Morgan fingerprint density at radius 3 is 2.50 bits per heavy atom. The van der Waals surface area contributed by atoms with E-state index in [0.717, 1.165) is 0 Å². The molecular weight excluding hydrogens is 356 g/mol. The average molecular weight is 371 g/mol. The van der Waals surface area contributed by atoms with Crippen molar-refractivity contribution in [3.05, 3.63) is 77.2 Å². The van der Waals surface area contributed by atoms with E-state index < -0.39 is 5.91 Å². The van der Waals surface area contributed by atoms with E-state index in [2.05, 4.69) is 10.6 Å². The molecule has 6 nitrogen and oxygen atoms in total. The third kappa shape index (κ3) is 3.87. The lowest BCUT2D eigenvalue weighted by molar-refractivity contribution is 0.0994. The first-order valence-electron chi connectivity index (χ1n) is 7.67. The summed E-state index contributed by atoms with van der Waals surface area (Å²) in [5.74, 6) is -0.0957. The molecule has 3 aromatic rings. The first kappa shape index (κ1) is 17.6. The summed E-state index contributed by atoms with van der Waals surface area (Å²) in [6.45, 7) is 0. The van der Waals surface area contributed by atoms with Gasteiger partial charge in [-0.15, -0.1) is 0 Å². The molecule has 1 heterocycles. The molecule has 0 bridgehead atoms. The summed E-state index contributed by atoms with van der Waals surface area (Å²) >= 11 is 6.20. The highest BCUT2D eigenvalue weighted by atomic mass is 35.5. The number of hydrogen-bond acceptors (Lipinski definition) is 4. The number of carbonyl (C=O) groups is 2. The molecule has 26 heavy (non-hydrogen) atoms. The summed E-state index contributed by atoms with van der Waals surface area (Å²) in [7, 11) is 1.50. The van der Waals surface area contributed by atoms with Gasteiger partial charge in [0.1, 0.15) is 5.75 Å². The van der Waals surface area contributed by atoms with Gasteiger partial charge in [0.25, 0.3) is 11.8 Å². The van der Waals surface area contributed by atoms with Gasteiger partial charge in [0.15, 0.2) is 5.76 Å². The lowest BCUT2D eigenvalue weighted by Crippen LogP contribution is -2.14. The minimum atomic E-state index is -0.414. The van der Waals surface area contributed by atoms with Crippen molar-refractivity contribution in [3.63, 3.8) is 0 Å². The van der Waals surface area contributed by atoms with Gasteiger partial charge in [0, 0.05) is 5.69 Å². The molecule has 0 aliphatic rings. The second-order valence-corrected chi connectivity index (χ2v) is 5.69. The fourth-order valence-electron chi connectivity index (χ4n) is 2.32. The predicted octanol–water partition coefficient (Wildman–Crippen LogP) is 4.45. The minimum absolute atomic E-state index is 0.176. The van der Waals surface area contributed by atoms with Crippen LogP contribution in [0, 0.1) is 0 Å². The summed E-state index contributed by atoms with van der Waals surface area (Å²) in [6.07, 6.45) is 1.41. The second kappa shape index (κ2) is 7.76. The zero-order valence-electron chi connectivity index (χ0n) is 13.8. The Balaban J connectivity index is 1.73. The lowest BCUT2D eigenvalue weighted by Gasteiger charge is -2.11. The van der Waals surface area contributed by atoms with Gasteiger partial charge in [-0.2, -0.15) is 0 Å². The number of carbonyl (C=O) groups excluding carboxylic acids is 2. The van der Waals surface area contributed by atoms with Crippen LogP contribution in [0.1, 0.15) is 20.9 Å². The number of methoxy groups -OCH3 is 1. The number of benzene rings is 2. The van der Waals surface area contributed by atoms with Crippen molar-refractivity contribution in [2.75, 3.05) is 17.7 Å². The Hall–Kier alpha value is -3.25. The molecule has 7 heteroatoms. The van der Waals surface area contributed by atoms with Gasteiger partial charge < -0.3 is 19.8 Å². The van der Waals surface area contributed by atoms with Crippen LogP contribution < -0.4 is 15.4 Å². The third-order valence-electron chi connectivity index (χ3n) is 3.57. The molecule has 0 radical (unpaired) electrons. The van der Waals surface area contributed by atoms with E-state index in [-0.39, 0.29) is 16.7 Å². The smallest absolute Gasteiger partial charge is 0.291 e. The predicted molar refractivity (Wildman–Crippen MR) is 99.1 cm³/mol. The van der Waals surface area contributed by atoms with Crippen molar-refractivity contribution in [3.8, 4) is 5.75 Å². The third-order valence-corrected chi connectivity index (χ3v) is 3.88. The monoisotopic (exact) mass is 370 g/mol. The Morgan fingerprint density at radius 2 is 1.81 bits per heavy atom. The number of rotatable bonds is 5. The van der Waals surface area contributed by atoms with Crippen LogP contribution in [0.15, 0.2) is 65.3 Å². The van der Waals surface area contributed by atoms with Crippen LogP contribution in [-0.2, 0) is 0 Å². The molecule has 3 rings (SSSR count). The Labute approximate surface area is 154 Å². The van der Waals surface area contributed by atoms with Crippen molar-refractivity contribution in [1.82, 2.24) is 0 Å². The van der Waals surface area contributed by atoms with Crippen LogP contribution in [0.4, 0.5) is 11.4 Å². The molecule has 0 fully saturated rings. The fraction of sp³-hybridized carbons (Fsp3) is 0.0526. The maximum Gasteiger partial charge on any atom is 0.291 e. The zero-order chi connectivity index (χ0) is 18.5. The number of nitrogens with one attached hydrogen (secondary N) is 2. The van der Waals surface area contributed by atoms with Gasteiger partial charge in [-0.05, 0) is 42.5 Å². The Morgan fingerprint density at radius 1 is 1.00 bits per heavy atom. The van der Waals surface area contributed by atoms with E-state index in [1.807, 2.05) is 0 Å². The lowest BCUT2D eigenvalue weighted by atomic mass is 10.2. The van der Waals surface area contributed by atoms with Crippen molar-refractivity contribution in [1.29, 1.82) is 0 Å². The standard InChI is InChI=1S/C19H15ClN2O4/c1-25-16-6-3-2-5-13(16)18(23)21-12-8-9-15(14(20)11-12)22-19(24)17-7-4-10-26-17/h2-11H,1H3,(H,21,23)(H,22,24). The highest BCUT2D eigenvalue weighted by molar-refractivity contribution is 6.34. The average Bonchev–Trinajstić information content (AvgIpc) is 3.18. The normalized spacial score (nSPS) is 10.2. The van der Waals surface area contributed by atoms with Crippen LogP contribution >= 0.6 is 11.6 Å². The van der Waals surface area contributed by atoms with E-state index in [1.54, 1.807) is 54.6 Å². The molecule has 2 amide bonds. The second-order valence-electron chi connectivity index (χ2n) is 5.28. The minimum Gasteiger partial charge on any atom is -0.496 e. The maximum absolute atomic E-state index is 12.4. The number of hydrogen-bond donors (Lipinski definition) is 2. The summed E-state index contributed by atoms with van der Waals surface area (Å²) in [5, 5.41) is 5.67. The molecular formula is C19H15ClN2O4. The summed E-state index contributed by atoms with van der Waals surface area (Å²) < 4.78 is 10.2. The molecule has 0 saturated carbocycles. The van der Waals surface area contributed by atoms with Gasteiger partial charge in [0.2, 0.25) is 0 Å². The van der Waals surface area contributed by atoms with E-state index in [1.165, 1.54) is 13.4 Å². The quantitative estimate of drug-likeness (QED) is 0.695. The molecule has 0 unspecified atom stereocenters. The van der Waals surface area contributed by atoms with E-state index >= 15 is 0 Å². The van der Waals surface area contributed by atoms with Crippen LogP contribution in [0.25, 0.3) is 0 Å². The number of ether oxygens (including phenoxy) is 1. The number of furan rings is 1. The Kier molecular flexibility index (Phi) is 5.24. The van der Waals surface area contributed by atoms with Crippen LogP contribution in [-0.4, -0.2) is 18.9 Å². The fourth-order valence-corrected chi connectivity index (χ4v) is 2.54. The molecule has 0 atom stereocenters. The van der Waals surface area contributed by atoms with Gasteiger partial charge in [-0.1, -0.05) is 23.7 Å². The van der Waals surface area contributed by atoms with Crippen molar-refractivity contribution >= 4 is 34.8 Å². The maximum atomic E-state index is 12.4. The van der Waals surface area contributed by atoms with Gasteiger partial charge in [-0.3, -0.25) is 9.59 Å². The van der Waals surface area contributed by atoms with Crippen LogP contribution in [0.3, 0.4) is 0 Å². The topological polar surface area (TPSA) is 80.6 Å². The largest absolute Gasteiger partial charge is 0.496 e. The number of anilines is 2. The highest BCUT2D eigenvalue weighted by Gasteiger charge is 2.14. The number of halogens is 1. The highest BCUT2D eigenvalue weighted by Crippen LogP contribution is 2.27. The first-order valence-corrected chi connectivity index (χ1v) is 8.05. The van der Waals surface area contributed by atoms with Gasteiger partial charge in [0.05, 0.1) is 29.6 Å². The summed E-state index contributed by atoms with van der Waals surface area (Å²) in [5.41, 5.74) is 1.30. The Bertz CT molecular complexity index is 938. The first-order chi connectivity index (χ1) is 12.6. The van der Waals surface area contributed by atoms with Crippen LogP contribution in [0.5, 0.6) is 5.75 Å². The van der Waals surface area contributed by atoms with E-state index in [9.17, 15) is 9.59 Å². The van der Waals surface area contributed by atoms with Crippen LogP contribution in [0.2, 0.25) is 5.02 Å². The number of para-hydroxylation sites is 1. The number of amides is 2. The SMILES string of the molecule is COc1ccccc1C(=O)Nc1ccc(NC(=O)c2ccco2)c(Cl)c1. The van der Waals surface area contributed by atoms with Crippen molar-refractivity contribution in [2.45, 2.75) is 0 Å². The zero-order valence-corrected chi connectivity index (χ0v) is 14.5. The van der Waals surface area contributed by atoms with E-state index in [0.29, 0.717) is 22.7 Å². The molecule has 2 aromatic carbocycles. The van der Waals surface area contributed by atoms with E-state index in [4.69, 9.17) is 20.8 Å². The van der Waals surface area contributed by atoms with Crippen molar-refractivity contribution in [2.24, 2.45) is 0 Å². The molecule has 1 aromatic heterocycles. The molecule has 0 spiro atoms. The van der Waals surface area contributed by atoms with Gasteiger partial charge >= 0.3 is 0 Å². The van der Waals surface area contributed by atoms with Crippen molar-refractivity contribution < 1.29 is 18.7 Å². The summed E-state index contributed by atoms with van der Waals surface area (Å²) in [4.78, 5) is 24.4. The summed E-state index contributed by atoms with van der Waals surface area (Å²) in [6, 6.07) is 14.8. The molecule has 2 N–H and O–H groups in total. The molecule has 0 saturated heterocycles.